The van der Waals surface area contributed by atoms with Crippen LogP contribution in [-0.4, -0.2) is 96.7 Å². The molecular formula is C77H150O17P2. The van der Waals surface area contributed by atoms with Gasteiger partial charge < -0.3 is 33.8 Å². The maximum atomic E-state index is 13.1. The standard InChI is InChI=1S/C77H150O17P2/c1-67(2)53-45-37-29-23-17-12-10-9-11-13-20-26-32-41-49-57-74(79)87-63-72(93-76(81)59-51-43-33-27-21-15-14-18-24-30-38-46-54-68(3)4)65-91-95(83,84)89-61-71(78)62-90-96(85,86)92-66-73(64-88-75(80)58-50-42-36-35-40-48-56-70(7)8)94-77(82)60-52-44-34-28-22-16-19-25-31-39-47-55-69(5)6/h67-73,78H,9-66H2,1-8H3,(H,83,84)(H,85,86)/t71-,72-,73-/m1/s1. The number of aliphatic hydroxyl groups excluding tert-OH is 1. The van der Waals surface area contributed by atoms with Crippen LogP contribution in [0.3, 0.4) is 0 Å². The first-order chi connectivity index (χ1) is 46.1. The van der Waals surface area contributed by atoms with Gasteiger partial charge in [0.2, 0.25) is 0 Å². The Morgan fingerprint density at radius 3 is 0.646 bits per heavy atom. The lowest BCUT2D eigenvalue weighted by Gasteiger charge is -2.21. The molecule has 0 saturated heterocycles. The molecule has 0 bridgehead atoms. The average Bonchev–Trinajstić information content (AvgIpc) is 1.22. The molecule has 3 N–H and O–H groups in total. The van der Waals surface area contributed by atoms with Crippen molar-refractivity contribution in [1.82, 2.24) is 0 Å². The van der Waals surface area contributed by atoms with Crippen molar-refractivity contribution in [3.05, 3.63) is 0 Å². The van der Waals surface area contributed by atoms with Crippen LogP contribution in [0.25, 0.3) is 0 Å². The number of hydrogen-bond donors (Lipinski definition) is 3. The molecule has 0 aromatic heterocycles. The molecule has 0 aliphatic heterocycles. The lowest BCUT2D eigenvalue weighted by molar-refractivity contribution is -0.161. The third-order valence-electron chi connectivity index (χ3n) is 17.8. The minimum Gasteiger partial charge on any atom is -0.462 e. The average molecular weight is 1410 g/mol. The third-order valence-corrected chi connectivity index (χ3v) is 19.7. The first-order valence-corrected chi connectivity index (χ1v) is 42.7. The van der Waals surface area contributed by atoms with Crippen molar-refractivity contribution in [2.75, 3.05) is 39.6 Å². The summed E-state index contributed by atoms with van der Waals surface area (Å²) in [5.74, 6) is 0.907. The largest absolute Gasteiger partial charge is 0.472 e. The van der Waals surface area contributed by atoms with Crippen molar-refractivity contribution in [2.24, 2.45) is 23.7 Å². The van der Waals surface area contributed by atoms with Gasteiger partial charge in [0.05, 0.1) is 26.4 Å². The monoisotopic (exact) mass is 1410 g/mol. The smallest absolute Gasteiger partial charge is 0.462 e. The van der Waals surface area contributed by atoms with Gasteiger partial charge in [-0.1, -0.05) is 338 Å². The molecule has 0 aromatic carbocycles. The zero-order chi connectivity index (χ0) is 71.0. The van der Waals surface area contributed by atoms with Crippen LogP contribution in [0.15, 0.2) is 0 Å². The number of phosphoric acid groups is 2. The Morgan fingerprint density at radius 2 is 0.438 bits per heavy atom. The molecule has 17 nitrogen and oxygen atoms in total. The first-order valence-electron chi connectivity index (χ1n) is 39.7. The summed E-state index contributed by atoms with van der Waals surface area (Å²) in [4.78, 5) is 72.8. The minimum atomic E-state index is -4.96. The van der Waals surface area contributed by atoms with Crippen molar-refractivity contribution in [3.63, 3.8) is 0 Å². The third kappa shape index (κ3) is 70.5. The van der Waals surface area contributed by atoms with Crippen LogP contribution in [0.4, 0.5) is 0 Å². The molecule has 0 heterocycles. The Labute approximate surface area is 588 Å². The molecule has 2 unspecified atom stereocenters. The molecule has 96 heavy (non-hydrogen) atoms. The summed E-state index contributed by atoms with van der Waals surface area (Å²) < 4.78 is 68.5. The van der Waals surface area contributed by atoms with Gasteiger partial charge in [0.25, 0.3) is 0 Å². The lowest BCUT2D eigenvalue weighted by Crippen LogP contribution is -2.30. The van der Waals surface area contributed by atoms with E-state index in [1.807, 2.05) is 0 Å². The molecule has 0 rings (SSSR count). The highest BCUT2D eigenvalue weighted by molar-refractivity contribution is 7.47. The van der Waals surface area contributed by atoms with E-state index >= 15 is 0 Å². The SMILES string of the molecule is CC(C)CCCCCCCCCCCCCCCCCC(=O)OC[C@H](COP(=O)(O)OC[C@@H](O)COP(=O)(O)OC[C@@H](COC(=O)CCCCCCCCC(C)C)OC(=O)CCCCCCCCCCCCCC(C)C)OC(=O)CCCCCCCCCCCCCCC(C)C. The molecule has 0 amide bonds. The van der Waals surface area contributed by atoms with Gasteiger partial charge in [0.1, 0.15) is 19.3 Å². The summed E-state index contributed by atoms with van der Waals surface area (Å²) in [6.07, 6.45) is 51.5. The topological polar surface area (TPSA) is 237 Å². The molecule has 0 saturated carbocycles. The Kier molecular flexibility index (Phi) is 65.0. The van der Waals surface area contributed by atoms with Crippen LogP contribution in [0.5, 0.6) is 0 Å². The predicted octanol–water partition coefficient (Wildman–Crippen LogP) is 22.4. The van der Waals surface area contributed by atoms with E-state index in [0.29, 0.717) is 31.6 Å². The quantitative estimate of drug-likeness (QED) is 0.0222. The van der Waals surface area contributed by atoms with E-state index in [2.05, 4.69) is 55.4 Å². The van der Waals surface area contributed by atoms with Gasteiger partial charge in [-0.3, -0.25) is 37.3 Å². The fourth-order valence-corrected chi connectivity index (χ4v) is 13.3. The van der Waals surface area contributed by atoms with Crippen LogP contribution in [0, 0.1) is 23.7 Å². The van der Waals surface area contributed by atoms with Crippen molar-refractivity contribution in [1.29, 1.82) is 0 Å². The van der Waals surface area contributed by atoms with Gasteiger partial charge >= 0.3 is 39.5 Å². The molecule has 570 valence electrons. The normalized spacial score (nSPS) is 14.1. The van der Waals surface area contributed by atoms with Gasteiger partial charge in [-0.2, -0.15) is 0 Å². The van der Waals surface area contributed by atoms with Crippen molar-refractivity contribution >= 4 is 39.5 Å². The summed E-state index contributed by atoms with van der Waals surface area (Å²) in [7, 11) is -9.91. The maximum absolute atomic E-state index is 13.1. The number of phosphoric ester groups is 2. The predicted molar refractivity (Wildman–Crippen MR) is 391 cm³/mol. The number of rotatable bonds is 74. The molecule has 0 spiro atoms. The van der Waals surface area contributed by atoms with E-state index in [0.717, 1.165) is 114 Å². The number of ether oxygens (including phenoxy) is 4. The first kappa shape index (κ1) is 94.1. The summed E-state index contributed by atoms with van der Waals surface area (Å²) in [5, 5.41) is 10.6. The Balaban J connectivity index is 5.23. The highest BCUT2D eigenvalue weighted by atomic mass is 31.2. The van der Waals surface area contributed by atoms with E-state index in [-0.39, 0.29) is 25.7 Å². The molecule has 19 heteroatoms. The molecular weight excluding hydrogens is 1260 g/mol. The Morgan fingerprint density at radius 1 is 0.260 bits per heavy atom. The fourth-order valence-electron chi connectivity index (χ4n) is 11.7. The molecule has 0 aromatic rings. The van der Waals surface area contributed by atoms with E-state index in [4.69, 9.17) is 37.0 Å². The second-order valence-electron chi connectivity index (χ2n) is 29.7. The molecule has 0 radical (unpaired) electrons. The molecule has 5 atom stereocenters. The Hall–Kier alpha value is -1.94. The summed E-state index contributed by atoms with van der Waals surface area (Å²) >= 11 is 0. The number of hydrogen-bond acceptors (Lipinski definition) is 15. The van der Waals surface area contributed by atoms with E-state index in [1.54, 1.807) is 0 Å². The zero-order valence-corrected chi connectivity index (χ0v) is 64.8. The zero-order valence-electron chi connectivity index (χ0n) is 63.0. The van der Waals surface area contributed by atoms with Crippen LogP contribution in [0.2, 0.25) is 0 Å². The fraction of sp³-hybridized carbons (Fsp3) is 0.948. The highest BCUT2D eigenvalue weighted by Gasteiger charge is 2.30. The molecule has 0 fully saturated rings. The van der Waals surface area contributed by atoms with Gasteiger partial charge in [-0.05, 0) is 49.4 Å². The maximum Gasteiger partial charge on any atom is 0.472 e. The van der Waals surface area contributed by atoms with Crippen LogP contribution < -0.4 is 0 Å². The van der Waals surface area contributed by atoms with Crippen molar-refractivity contribution < 1.29 is 80.2 Å². The number of unbranched alkanes of at least 4 members (excludes halogenated alkanes) is 40. The van der Waals surface area contributed by atoms with Crippen LogP contribution in [0.1, 0.15) is 389 Å². The van der Waals surface area contributed by atoms with E-state index < -0.39 is 97.5 Å². The molecule has 0 aliphatic carbocycles. The van der Waals surface area contributed by atoms with Crippen molar-refractivity contribution in [3.8, 4) is 0 Å². The van der Waals surface area contributed by atoms with Crippen molar-refractivity contribution in [2.45, 2.75) is 408 Å². The van der Waals surface area contributed by atoms with E-state index in [9.17, 15) is 43.2 Å². The summed E-state index contributed by atoms with van der Waals surface area (Å²) in [5.41, 5.74) is 0. The number of esters is 4. The molecule has 0 aliphatic rings. The number of aliphatic hydroxyl groups is 1. The number of carbonyl (C=O) groups excluding carboxylic acids is 4. The van der Waals surface area contributed by atoms with Gasteiger partial charge in [-0.15, -0.1) is 0 Å². The summed E-state index contributed by atoms with van der Waals surface area (Å²) in [6.45, 7) is 14.2. The van der Waals surface area contributed by atoms with Gasteiger partial charge in [-0.25, -0.2) is 9.13 Å². The highest BCUT2D eigenvalue weighted by Crippen LogP contribution is 2.45. The second-order valence-corrected chi connectivity index (χ2v) is 32.6. The summed E-state index contributed by atoms with van der Waals surface area (Å²) in [6, 6.07) is 0. The second kappa shape index (κ2) is 66.3. The van der Waals surface area contributed by atoms with E-state index in [1.165, 1.54) is 186 Å². The Bertz CT molecular complexity index is 1880. The van der Waals surface area contributed by atoms with Gasteiger partial charge in [0.15, 0.2) is 12.2 Å². The van der Waals surface area contributed by atoms with Crippen LogP contribution in [-0.2, 0) is 65.4 Å². The van der Waals surface area contributed by atoms with Crippen LogP contribution >= 0.6 is 15.6 Å². The lowest BCUT2D eigenvalue weighted by atomic mass is 10.0. The minimum absolute atomic E-state index is 0.105. The van der Waals surface area contributed by atoms with Gasteiger partial charge in [0, 0.05) is 25.7 Å². The number of carbonyl (C=O) groups is 4.